The van der Waals surface area contributed by atoms with E-state index in [0.29, 0.717) is 17.9 Å². The van der Waals surface area contributed by atoms with E-state index in [4.69, 9.17) is 15.7 Å². The molecule has 0 saturated carbocycles. The molecule has 2 rings (SSSR count). The fraction of sp³-hybridized carbons (Fsp3) is 0.267. The summed E-state index contributed by atoms with van der Waals surface area (Å²) in [5, 5.41) is 9.06. The van der Waals surface area contributed by atoms with Crippen molar-refractivity contribution in [3.8, 4) is 11.8 Å². The number of methoxy groups -OCH3 is 1. The SMILES string of the molecule is COc1ccc(Cn2ccc(CCN)c2)cc1C#N. The van der Waals surface area contributed by atoms with E-state index < -0.39 is 0 Å². The molecule has 0 amide bonds. The number of nitriles is 1. The van der Waals surface area contributed by atoms with E-state index in [1.807, 2.05) is 24.4 Å². The fourth-order valence-corrected chi connectivity index (χ4v) is 2.06. The van der Waals surface area contributed by atoms with Gasteiger partial charge in [0.1, 0.15) is 11.8 Å². The number of rotatable bonds is 5. The van der Waals surface area contributed by atoms with Crippen LogP contribution >= 0.6 is 0 Å². The van der Waals surface area contributed by atoms with Gasteiger partial charge in [0.15, 0.2) is 0 Å². The number of ether oxygens (including phenoxy) is 1. The molecule has 98 valence electrons. The molecule has 4 nitrogen and oxygen atoms in total. The maximum absolute atomic E-state index is 9.06. The van der Waals surface area contributed by atoms with Crippen LogP contribution in [0.15, 0.2) is 36.7 Å². The highest BCUT2D eigenvalue weighted by Crippen LogP contribution is 2.19. The predicted octanol–water partition coefficient (Wildman–Crippen LogP) is 1.92. The molecule has 1 heterocycles. The summed E-state index contributed by atoms with van der Waals surface area (Å²) in [7, 11) is 1.57. The second kappa shape index (κ2) is 6.07. The zero-order chi connectivity index (χ0) is 13.7. The van der Waals surface area contributed by atoms with Crippen LogP contribution in [0.25, 0.3) is 0 Å². The van der Waals surface area contributed by atoms with E-state index in [-0.39, 0.29) is 0 Å². The summed E-state index contributed by atoms with van der Waals surface area (Å²) in [6, 6.07) is 9.89. The van der Waals surface area contributed by atoms with Gasteiger partial charge >= 0.3 is 0 Å². The van der Waals surface area contributed by atoms with Crippen molar-refractivity contribution in [2.24, 2.45) is 5.73 Å². The van der Waals surface area contributed by atoms with Crippen LogP contribution in [-0.2, 0) is 13.0 Å². The molecule has 0 atom stereocenters. The van der Waals surface area contributed by atoms with Crippen molar-refractivity contribution in [3.63, 3.8) is 0 Å². The first kappa shape index (κ1) is 13.2. The lowest BCUT2D eigenvalue weighted by molar-refractivity contribution is 0.413. The van der Waals surface area contributed by atoms with Crippen molar-refractivity contribution in [2.45, 2.75) is 13.0 Å². The van der Waals surface area contributed by atoms with Gasteiger partial charge in [0.2, 0.25) is 0 Å². The average Bonchev–Trinajstić information content (AvgIpc) is 2.86. The Morgan fingerprint density at radius 1 is 1.32 bits per heavy atom. The number of hydrogen-bond acceptors (Lipinski definition) is 3. The highest BCUT2D eigenvalue weighted by molar-refractivity contribution is 5.45. The van der Waals surface area contributed by atoms with Gasteiger partial charge in [-0.3, -0.25) is 0 Å². The van der Waals surface area contributed by atoms with E-state index in [9.17, 15) is 0 Å². The molecule has 0 aliphatic carbocycles. The van der Waals surface area contributed by atoms with Gasteiger partial charge in [0, 0.05) is 18.9 Å². The van der Waals surface area contributed by atoms with Gasteiger partial charge in [-0.15, -0.1) is 0 Å². The lowest BCUT2D eigenvalue weighted by atomic mass is 10.1. The molecule has 0 saturated heterocycles. The van der Waals surface area contributed by atoms with Crippen LogP contribution in [0.3, 0.4) is 0 Å². The highest BCUT2D eigenvalue weighted by atomic mass is 16.5. The first-order chi connectivity index (χ1) is 9.26. The van der Waals surface area contributed by atoms with Gasteiger partial charge in [-0.25, -0.2) is 0 Å². The molecular formula is C15H17N3O. The van der Waals surface area contributed by atoms with Crippen molar-refractivity contribution in [2.75, 3.05) is 13.7 Å². The van der Waals surface area contributed by atoms with Gasteiger partial charge < -0.3 is 15.0 Å². The normalized spacial score (nSPS) is 10.2. The Morgan fingerprint density at radius 3 is 2.84 bits per heavy atom. The minimum atomic E-state index is 0.564. The zero-order valence-corrected chi connectivity index (χ0v) is 11.0. The summed E-state index contributed by atoms with van der Waals surface area (Å²) >= 11 is 0. The zero-order valence-electron chi connectivity index (χ0n) is 11.0. The third-order valence-corrected chi connectivity index (χ3v) is 2.99. The van der Waals surface area contributed by atoms with Crippen molar-refractivity contribution >= 4 is 0 Å². The number of aromatic nitrogens is 1. The average molecular weight is 255 g/mol. The maximum Gasteiger partial charge on any atom is 0.136 e. The summed E-state index contributed by atoms with van der Waals surface area (Å²) < 4.78 is 7.23. The molecule has 1 aromatic heterocycles. The van der Waals surface area contributed by atoms with Crippen molar-refractivity contribution in [1.29, 1.82) is 5.26 Å². The second-order valence-electron chi connectivity index (χ2n) is 4.38. The summed E-state index contributed by atoms with van der Waals surface area (Å²) in [5.41, 5.74) is 8.41. The Labute approximate surface area is 113 Å². The largest absolute Gasteiger partial charge is 0.495 e. The molecule has 4 heteroatoms. The van der Waals surface area contributed by atoms with Gasteiger partial charge in [0.25, 0.3) is 0 Å². The van der Waals surface area contributed by atoms with Gasteiger partial charge in [-0.1, -0.05) is 6.07 Å². The Hall–Kier alpha value is -2.25. The number of nitrogens with zero attached hydrogens (tertiary/aromatic N) is 2. The summed E-state index contributed by atoms with van der Waals surface area (Å²) in [5.74, 6) is 0.613. The van der Waals surface area contributed by atoms with Crippen LogP contribution in [0, 0.1) is 11.3 Å². The van der Waals surface area contributed by atoms with Gasteiger partial charge in [-0.2, -0.15) is 5.26 Å². The number of nitrogens with two attached hydrogens (primary N) is 1. The molecule has 0 fully saturated rings. The number of benzene rings is 1. The first-order valence-electron chi connectivity index (χ1n) is 6.18. The molecule has 2 aromatic rings. The van der Waals surface area contributed by atoms with Crippen LogP contribution < -0.4 is 10.5 Å². The van der Waals surface area contributed by atoms with Gasteiger partial charge in [0.05, 0.1) is 12.7 Å². The smallest absolute Gasteiger partial charge is 0.136 e. The van der Waals surface area contributed by atoms with E-state index in [2.05, 4.69) is 22.9 Å². The molecule has 0 unspecified atom stereocenters. The van der Waals surface area contributed by atoms with Crippen molar-refractivity contribution in [1.82, 2.24) is 4.57 Å². The maximum atomic E-state index is 9.06. The third-order valence-electron chi connectivity index (χ3n) is 2.99. The molecule has 0 aliphatic rings. The molecule has 0 aliphatic heterocycles. The molecule has 0 spiro atoms. The molecule has 19 heavy (non-hydrogen) atoms. The Bertz CT molecular complexity index is 596. The summed E-state index contributed by atoms with van der Waals surface area (Å²) in [4.78, 5) is 0. The number of hydrogen-bond donors (Lipinski definition) is 1. The minimum Gasteiger partial charge on any atom is -0.495 e. The Morgan fingerprint density at radius 2 is 2.16 bits per heavy atom. The molecular weight excluding hydrogens is 238 g/mol. The van der Waals surface area contributed by atoms with Crippen LogP contribution in [0.2, 0.25) is 0 Å². The highest BCUT2D eigenvalue weighted by Gasteiger charge is 2.04. The Balaban J connectivity index is 2.16. The van der Waals surface area contributed by atoms with Gasteiger partial charge in [-0.05, 0) is 42.3 Å². The standard InChI is InChI=1S/C15H17N3O/c1-19-15-3-2-13(8-14(15)9-17)11-18-7-5-12(10-18)4-6-16/h2-3,5,7-8,10H,4,6,11,16H2,1H3. The quantitative estimate of drug-likeness (QED) is 0.887. The molecule has 0 radical (unpaired) electrons. The lowest BCUT2D eigenvalue weighted by Gasteiger charge is -2.07. The van der Waals surface area contributed by atoms with E-state index in [1.165, 1.54) is 5.56 Å². The minimum absolute atomic E-state index is 0.564. The van der Waals surface area contributed by atoms with Crippen LogP contribution in [-0.4, -0.2) is 18.2 Å². The summed E-state index contributed by atoms with van der Waals surface area (Å²) in [6.07, 6.45) is 5.00. The Kier molecular flexibility index (Phi) is 4.22. The van der Waals surface area contributed by atoms with E-state index in [0.717, 1.165) is 18.5 Å². The monoisotopic (exact) mass is 255 g/mol. The predicted molar refractivity (Wildman–Crippen MR) is 74.0 cm³/mol. The van der Waals surface area contributed by atoms with Crippen LogP contribution in [0.1, 0.15) is 16.7 Å². The first-order valence-corrected chi connectivity index (χ1v) is 6.18. The molecule has 2 N–H and O–H groups in total. The van der Waals surface area contributed by atoms with Crippen LogP contribution in [0.4, 0.5) is 0 Å². The van der Waals surface area contributed by atoms with E-state index in [1.54, 1.807) is 7.11 Å². The third kappa shape index (κ3) is 3.15. The second-order valence-corrected chi connectivity index (χ2v) is 4.38. The summed E-state index contributed by atoms with van der Waals surface area (Å²) in [6.45, 7) is 1.40. The molecule has 1 aromatic carbocycles. The van der Waals surface area contributed by atoms with Crippen molar-refractivity contribution in [3.05, 3.63) is 53.3 Å². The topological polar surface area (TPSA) is 64.0 Å². The fourth-order valence-electron chi connectivity index (χ4n) is 2.06. The van der Waals surface area contributed by atoms with Crippen molar-refractivity contribution < 1.29 is 4.74 Å². The van der Waals surface area contributed by atoms with Crippen LogP contribution in [0.5, 0.6) is 5.75 Å². The van der Waals surface area contributed by atoms with E-state index >= 15 is 0 Å². The molecule has 0 bridgehead atoms. The lowest BCUT2D eigenvalue weighted by Crippen LogP contribution is -2.02.